The average Bonchev–Trinajstić information content (AvgIpc) is 3.23. The van der Waals surface area contributed by atoms with E-state index in [0.717, 1.165) is 10.1 Å². The highest BCUT2D eigenvalue weighted by Gasteiger charge is 2.43. The number of amides is 2. The zero-order chi connectivity index (χ0) is 43.7. The lowest BCUT2D eigenvalue weighted by Crippen LogP contribution is -2.64. The van der Waals surface area contributed by atoms with E-state index in [1.165, 1.54) is 38.1 Å². The molecule has 2 saturated heterocycles. The number of carbonyl (C=O) groups is 2. The first-order valence-corrected chi connectivity index (χ1v) is 18.9. The first-order valence-electron chi connectivity index (χ1n) is 18.2. The van der Waals surface area contributed by atoms with Crippen LogP contribution in [-0.4, -0.2) is 123 Å². The summed E-state index contributed by atoms with van der Waals surface area (Å²) in [4.78, 5) is 34.9. The Morgan fingerprint density at radius 2 is 0.836 bits per heavy atom. The van der Waals surface area contributed by atoms with Crippen molar-refractivity contribution in [3.05, 3.63) is 107 Å². The molecule has 4 aromatic rings. The maximum Gasteiger partial charge on any atom is 0.247 e. The summed E-state index contributed by atoms with van der Waals surface area (Å²) in [6.07, 6.45) is -15.9. The molecule has 0 aromatic heterocycles. The second kappa shape index (κ2) is 22.5. The monoisotopic (exact) mass is 894 g/mol. The molecule has 6 rings (SSSR count). The molecule has 0 saturated carbocycles. The van der Waals surface area contributed by atoms with Gasteiger partial charge in [0.1, 0.15) is 71.8 Å². The molecule has 0 spiro atoms. The molecule has 2 fully saturated rings. The van der Waals surface area contributed by atoms with Gasteiger partial charge >= 0.3 is 0 Å². The van der Waals surface area contributed by atoms with E-state index >= 15 is 0 Å². The van der Waals surface area contributed by atoms with Gasteiger partial charge in [0.25, 0.3) is 0 Å². The highest BCUT2D eigenvalue weighted by Crippen LogP contribution is 2.30. The third kappa shape index (κ3) is 12.8. The van der Waals surface area contributed by atoms with Gasteiger partial charge in [-0.1, -0.05) is 23.2 Å². The van der Waals surface area contributed by atoms with E-state index in [1.807, 2.05) is 0 Å². The standard InChI is InChI=1S/2C20H21ClNO8.H2O/c2*1-11(24)22(30-19-18(26)17(25)16(10-23)29-20(19)27)13-4-8-15(9-5-13)28-14-6-2-12(21)3-7-14;/h2*2-9,16-20,23,25-26H,10H2,1H3;1H2/q2*-1;/t2*16-,17-,18+,19-,20-;/m11./s1. The van der Waals surface area contributed by atoms with Crippen LogP contribution in [0.5, 0.6) is 23.0 Å². The quantitative estimate of drug-likeness (QED) is 0.105. The fourth-order valence-corrected chi connectivity index (χ4v) is 6.04. The zero-order valence-corrected chi connectivity index (χ0v) is 33.9. The van der Waals surface area contributed by atoms with Gasteiger partial charge in [0.05, 0.1) is 24.6 Å². The number of halogens is 2. The number of rotatable bonds is 12. The summed E-state index contributed by atoms with van der Waals surface area (Å²) >= 11 is 11.7. The molecule has 0 aliphatic carbocycles. The van der Waals surface area contributed by atoms with E-state index in [4.69, 9.17) is 62.0 Å². The van der Waals surface area contributed by atoms with Crippen molar-refractivity contribution in [1.82, 2.24) is 0 Å². The summed E-state index contributed by atoms with van der Waals surface area (Å²) < 4.78 is 21.2. The summed E-state index contributed by atoms with van der Waals surface area (Å²) in [6, 6.07) is 26.0. The van der Waals surface area contributed by atoms with Gasteiger partial charge in [-0.3, -0.25) is 19.3 Å². The number of aliphatic hydroxyl groups is 6. The maximum atomic E-state index is 12.2. The Morgan fingerprint density at radius 3 is 1.10 bits per heavy atom. The van der Waals surface area contributed by atoms with Crippen LogP contribution in [0.4, 0.5) is 11.4 Å². The fourth-order valence-electron chi connectivity index (χ4n) is 5.79. The van der Waals surface area contributed by atoms with E-state index in [1.54, 1.807) is 72.8 Å². The van der Waals surface area contributed by atoms with Gasteiger partial charge in [0.15, 0.2) is 0 Å². The Labute approximate surface area is 358 Å². The number of hydrogen-bond donors (Lipinski definition) is 6. The van der Waals surface area contributed by atoms with Gasteiger partial charge < -0.3 is 65.3 Å². The van der Waals surface area contributed by atoms with Crippen molar-refractivity contribution in [2.24, 2.45) is 0 Å². The van der Waals surface area contributed by atoms with Crippen LogP contribution in [0.2, 0.25) is 10.0 Å². The van der Waals surface area contributed by atoms with E-state index in [0.29, 0.717) is 33.0 Å². The Balaban J connectivity index is 0.000000264. The lowest BCUT2D eigenvalue weighted by Gasteiger charge is -2.46. The van der Waals surface area contributed by atoms with Crippen molar-refractivity contribution < 1.29 is 84.5 Å². The highest BCUT2D eigenvalue weighted by atomic mass is 35.5. The molecule has 8 N–H and O–H groups in total. The third-order valence-corrected chi connectivity index (χ3v) is 9.42. The van der Waals surface area contributed by atoms with E-state index in [2.05, 4.69) is 0 Å². The summed E-state index contributed by atoms with van der Waals surface area (Å²) in [5.74, 6) is 0.952. The fraction of sp³-hybridized carbons (Fsp3) is 0.350. The smallest absolute Gasteiger partial charge is 0.247 e. The number of nitrogens with zero attached hydrogens (tertiary/aromatic N) is 2. The molecule has 21 heteroatoms. The van der Waals surface area contributed by atoms with Crippen molar-refractivity contribution in [2.45, 2.75) is 75.3 Å². The molecular weight excluding hydrogens is 851 g/mol. The Morgan fingerprint density at radius 1 is 0.557 bits per heavy atom. The Kier molecular flexibility index (Phi) is 18.2. The molecule has 61 heavy (non-hydrogen) atoms. The van der Waals surface area contributed by atoms with Crippen molar-refractivity contribution in [3.63, 3.8) is 0 Å². The molecule has 332 valence electrons. The van der Waals surface area contributed by atoms with Gasteiger partial charge in [0.2, 0.25) is 11.8 Å². The molecule has 0 unspecified atom stereocenters. The van der Waals surface area contributed by atoms with Crippen LogP contribution in [0, 0.1) is 0 Å². The molecule has 2 aliphatic rings. The van der Waals surface area contributed by atoms with Crippen LogP contribution in [0.15, 0.2) is 97.1 Å². The van der Waals surface area contributed by atoms with Crippen molar-refractivity contribution in [2.75, 3.05) is 23.3 Å². The van der Waals surface area contributed by atoms with Crippen LogP contribution in [0.25, 0.3) is 0 Å². The minimum atomic E-state index is -1.92. The van der Waals surface area contributed by atoms with E-state index in [9.17, 15) is 40.2 Å². The van der Waals surface area contributed by atoms with Gasteiger partial charge in [-0.15, -0.1) is 0 Å². The van der Waals surface area contributed by atoms with E-state index in [-0.39, 0.29) is 16.9 Å². The van der Waals surface area contributed by atoms with Crippen LogP contribution < -0.4 is 29.8 Å². The number of carbonyl (C=O) groups excluding carboxylic acids is 2. The third-order valence-electron chi connectivity index (χ3n) is 8.92. The van der Waals surface area contributed by atoms with Crippen molar-refractivity contribution >= 4 is 46.4 Å². The summed E-state index contributed by atoms with van der Waals surface area (Å²) in [5.41, 5.74) is 0.535. The van der Waals surface area contributed by atoms with Crippen LogP contribution >= 0.6 is 23.2 Å². The first kappa shape index (κ1) is 49.1. The van der Waals surface area contributed by atoms with Gasteiger partial charge in [-0.2, -0.15) is 10.1 Å². The van der Waals surface area contributed by atoms with Crippen LogP contribution in [0.1, 0.15) is 13.8 Å². The molecule has 0 radical (unpaired) electrons. The normalized spacial score (nSPS) is 25.8. The molecular formula is C40H44Cl2N2O17-2. The summed E-state index contributed by atoms with van der Waals surface area (Å²) in [6.45, 7) is 1.13. The van der Waals surface area contributed by atoms with Crippen LogP contribution in [-0.2, 0) is 28.7 Å². The predicted octanol–water partition coefficient (Wildman–Crippen LogP) is 0.345. The SMILES string of the molecule is CC(=O)N(O[C@@H]1[C@@H](O)[C@H](O)[C@@H](CO)O[C@H]1[O-])c1ccc(Oc2ccc(Cl)cc2)cc1.CC(=O)N(O[C@@H]1[C@@H](O)[C@H](O)[C@@H](CO)O[C@H]1[O-])c1ccc(Oc2ccc(Cl)cc2)cc1.O. The second-order valence-corrected chi connectivity index (χ2v) is 14.2. The summed E-state index contributed by atoms with van der Waals surface area (Å²) in [7, 11) is 0. The highest BCUT2D eigenvalue weighted by molar-refractivity contribution is 6.30. The molecule has 2 heterocycles. The minimum absolute atomic E-state index is 0. The van der Waals surface area contributed by atoms with Gasteiger partial charge in [0, 0.05) is 36.5 Å². The Bertz CT molecular complexity index is 1840. The number of aliphatic hydroxyl groups excluding tert-OH is 6. The van der Waals surface area contributed by atoms with E-state index < -0.39 is 86.4 Å². The number of hydrogen-bond acceptors (Lipinski definition) is 16. The zero-order valence-electron chi connectivity index (χ0n) is 32.3. The lowest BCUT2D eigenvalue weighted by atomic mass is 9.99. The van der Waals surface area contributed by atoms with Gasteiger partial charge in [-0.25, -0.2) is 0 Å². The molecule has 2 aliphatic heterocycles. The predicted molar refractivity (Wildman–Crippen MR) is 211 cm³/mol. The topological polar surface area (TPSA) is 295 Å². The lowest BCUT2D eigenvalue weighted by molar-refractivity contribution is -0.535. The maximum absolute atomic E-state index is 12.2. The van der Waals surface area contributed by atoms with Crippen LogP contribution in [0.3, 0.4) is 0 Å². The molecule has 4 aromatic carbocycles. The number of benzene rings is 4. The average molecular weight is 896 g/mol. The molecule has 10 atom stereocenters. The van der Waals surface area contributed by atoms with Crippen molar-refractivity contribution in [1.29, 1.82) is 0 Å². The minimum Gasteiger partial charge on any atom is -0.829 e. The molecule has 19 nitrogen and oxygen atoms in total. The van der Waals surface area contributed by atoms with Gasteiger partial charge in [-0.05, 0) is 97.1 Å². The second-order valence-electron chi connectivity index (χ2n) is 13.3. The van der Waals surface area contributed by atoms with Crippen molar-refractivity contribution in [3.8, 4) is 23.0 Å². The Hall–Kier alpha value is -4.52. The first-order chi connectivity index (χ1) is 28.6. The number of hydroxylamine groups is 2. The number of ether oxygens (including phenoxy) is 4. The molecule has 2 amide bonds. The summed E-state index contributed by atoms with van der Waals surface area (Å²) in [5, 5.41) is 85.7. The number of anilines is 2. The molecule has 0 bridgehead atoms. The largest absolute Gasteiger partial charge is 0.829 e.